The average molecular weight is 264 g/mol. The maximum absolute atomic E-state index is 11.1. The zero-order chi connectivity index (χ0) is 8.32. The third-order valence-corrected chi connectivity index (χ3v) is 2.35. The number of carbonyl (C=O) groups excluding carboxylic acids is 1. The van der Waals surface area contributed by atoms with E-state index in [2.05, 4.69) is 0 Å². The minimum atomic E-state index is -1.23. The fourth-order valence-corrected chi connectivity index (χ4v) is 1.59. The van der Waals surface area contributed by atoms with Crippen molar-refractivity contribution in [3.8, 4) is 0 Å². The number of halogens is 1. The second kappa shape index (κ2) is 3.49. The van der Waals surface area contributed by atoms with Crippen LogP contribution in [0.4, 0.5) is 0 Å². The van der Waals surface area contributed by atoms with Gasteiger partial charge in [0.25, 0.3) is 0 Å². The molecular formula is C8H9IO2. The Hall–Kier alpha value is -0.160. The minimum Gasteiger partial charge on any atom is -0.378 e. The lowest BCUT2D eigenvalue weighted by molar-refractivity contribution is -0.129. The van der Waals surface area contributed by atoms with E-state index in [0.717, 1.165) is 0 Å². The van der Waals surface area contributed by atoms with Crippen molar-refractivity contribution in [3.05, 3.63) is 24.3 Å². The molecule has 1 atom stereocenters. The third-order valence-electron chi connectivity index (χ3n) is 1.65. The Kier molecular flexibility index (Phi) is 2.84. The van der Waals surface area contributed by atoms with Crippen LogP contribution in [-0.2, 0) is 4.79 Å². The lowest BCUT2D eigenvalue weighted by atomic mass is 9.92. The number of allylic oxidation sites excluding steroid dienone is 2. The maximum atomic E-state index is 11.1. The molecule has 11 heavy (non-hydrogen) atoms. The zero-order valence-corrected chi connectivity index (χ0v) is 8.11. The van der Waals surface area contributed by atoms with Gasteiger partial charge in [0.1, 0.15) is 5.60 Å². The lowest BCUT2D eigenvalue weighted by Gasteiger charge is -2.21. The molecular weight excluding hydrogens is 255 g/mol. The van der Waals surface area contributed by atoms with Crippen LogP contribution in [-0.4, -0.2) is 20.9 Å². The highest BCUT2D eigenvalue weighted by Gasteiger charge is 2.30. The SMILES string of the molecule is O=C(CI)[C@]1(O)C=CC=CC1. The number of hydrogen-bond donors (Lipinski definition) is 1. The molecule has 0 bridgehead atoms. The number of Topliss-reactive ketones (excluding diaryl/α,β-unsaturated/α-hetero) is 1. The molecule has 1 N–H and O–H groups in total. The van der Waals surface area contributed by atoms with E-state index in [0.29, 0.717) is 10.8 Å². The van der Waals surface area contributed by atoms with Crippen molar-refractivity contribution in [2.75, 3.05) is 4.43 Å². The van der Waals surface area contributed by atoms with Crippen LogP contribution in [0.25, 0.3) is 0 Å². The molecule has 0 saturated heterocycles. The standard InChI is InChI=1S/C8H9IO2/c9-6-7(10)8(11)4-2-1-3-5-8/h1-4,11H,5-6H2/t8-/m0/s1. The Bertz CT molecular complexity index is 220. The summed E-state index contributed by atoms with van der Waals surface area (Å²) in [5, 5.41) is 9.65. The molecule has 0 aromatic heterocycles. The van der Waals surface area contributed by atoms with Crippen molar-refractivity contribution >= 4 is 28.4 Å². The maximum Gasteiger partial charge on any atom is 0.178 e. The topological polar surface area (TPSA) is 37.3 Å². The molecule has 0 amide bonds. The first-order valence-electron chi connectivity index (χ1n) is 3.35. The first-order chi connectivity index (χ1) is 5.19. The second-order valence-electron chi connectivity index (χ2n) is 2.47. The van der Waals surface area contributed by atoms with E-state index in [-0.39, 0.29) is 5.78 Å². The molecule has 0 fully saturated rings. The van der Waals surface area contributed by atoms with Gasteiger partial charge in [-0.15, -0.1) is 0 Å². The van der Waals surface area contributed by atoms with E-state index in [1.165, 1.54) is 0 Å². The van der Waals surface area contributed by atoms with E-state index >= 15 is 0 Å². The summed E-state index contributed by atoms with van der Waals surface area (Å²) in [6.45, 7) is 0. The van der Waals surface area contributed by atoms with Gasteiger partial charge in [-0.25, -0.2) is 0 Å². The first-order valence-corrected chi connectivity index (χ1v) is 4.87. The molecule has 0 aliphatic heterocycles. The highest BCUT2D eigenvalue weighted by atomic mass is 127. The Morgan fingerprint density at radius 2 is 2.36 bits per heavy atom. The normalized spacial score (nSPS) is 28.9. The molecule has 0 radical (unpaired) electrons. The van der Waals surface area contributed by atoms with Crippen molar-refractivity contribution in [2.45, 2.75) is 12.0 Å². The van der Waals surface area contributed by atoms with E-state index in [1.807, 2.05) is 28.7 Å². The summed E-state index contributed by atoms with van der Waals surface area (Å²) in [6, 6.07) is 0. The summed E-state index contributed by atoms with van der Waals surface area (Å²) >= 11 is 1.96. The third kappa shape index (κ3) is 1.90. The molecule has 0 heterocycles. The molecule has 0 unspecified atom stereocenters. The van der Waals surface area contributed by atoms with Gasteiger partial charge in [-0.1, -0.05) is 40.8 Å². The Morgan fingerprint density at radius 3 is 2.82 bits per heavy atom. The summed E-state index contributed by atoms with van der Waals surface area (Å²) in [5.41, 5.74) is -1.23. The van der Waals surface area contributed by atoms with Crippen molar-refractivity contribution in [1.82, 2.24) is 0 Å². The Balaban J connectivity index is 2.75. The number of alkyl halides is 1. The van der Waals surface area contributed by atoms with Crippen molar-refractivity contribution < 1.29 is 9.90 Å². The average Bonchev–Trinajstić information content (AvgIpc) is 2.04. The molecule has 3 heteroatoms. The van der Waals surface area contributed by atoms with Crippen LogP contribution < -0.4 is 0 Å². The van der Waals surface area contributed by atoms with Crippen molar-refractivity contribution in [1.29, 1.82) is 0 Å². The minimum absolute atomic E-state index is 0.126. The summed E-state index contributed by atoms with van der Waals surface area (Å²) < 4.78 is 0.354. The van der Waals surface area contributed by atoms with E-state index in [1.54, 1.807) is 18.2 Å². The zero-order valence-electron chi connectivity index (χ0n) is 5.96. The number of ketones is 1. The molecule has 0 aromatic carbocycles. The lowest BCUT2D eigenvalue weighted by Crippen LogP contribution is -2.37. The number of rotatable bonds is 2. The van der Waals surface area contributed by atoms with Gasteiger partial charge in [-0.2, -0.15) is 0 Å². The van der Waals surface area contributed by atoms with Crippen LogP contribution in [0.1, 0.15) is 6.42 Å². The number of hydrogen-bond acceptors (Lipinski definition) is 2. The predicted octanol–water partition coefficient (Wildman–Crippen LogP) is 1.24. The number of carbonyl (C=O) groups is 1. The van der Waals surface area contributed by atoms with Gasteiger partial charge in [0.2, 0.25) is 0 Å². The van der Waals surface area contributed by atoms with Gasteiger partial charge in [-0.05, 0) is 6.08 Å². The quantitative estimate of drug-likeness (QED) is 0.601. The summed E-state index contributed by atoms with van der Waals surface area (Å²) in [5.74, 6) is -0.126. The van der Waals surface area contributed by atoms with Gasteiger partial charge in [0.05, 0.1) is 4.43 Å². The summed E-state index contributed by atoms with van der Waals surface area (Å²) in [6.07, 6.45) is 7.28. The Labute approximate surface area is 79.1 Å². The van der Waals surface area contributed by atoms with Crippen LogP contribution in [0.5, 0.6) is 0 Å². The van der Waals surface area contributed by atoms with Gasteiger partial charge >= 0.3 is 0 Å². The number of aliphatic hydroxyl groups is 1. The highest BCUT2D eigenvalue weighted by molar-refractivity contribution is 14.1. The summed E-state index contributed by atoms with van der Waals surface area (Å²) in [4.78, 5) is 11.1. The van der Waals surface area contributed by atoms with Crippen LogP contribution >= 0.6 is 22.6 Å². The molecule has 1 aliphatic rings. The first kappa shape index (κ1) is 8.93. The predicted molar refractivity (Wildman–Crippen MR) is 51.7 cm³/mol. The highest BCUT2D eigenvalue weighted by Crippen LogP contribution is 2.19. The largest absolute Gasteiger partial charge is 0.378 e. The van der Waals surface area contributed by atoms with E-state index in [4.69, 9.17) is 0 Å². The van der Waals surface area contributed by atoms with Crippen molar-refractivity contribution in [2.24, 2.45) is 0 Å². The monoisotopic (exact) mass is 264 g/mol. The van der Waals surface area contributed by atoms with Crippen LogP contribution in [0.15, 0.2) is 24.3 Å². The van der Waals surface area contributed by atoms with Crippen LogP contribution in [0.2, 0.25) is 0 Å². The molecule has 1 rings (SSSR count). The van der Waals surface area contributed by atoms with Crippen molar-refractivity contribution in [3.63, 3.8) is 0 Å². The molecule has 2 nitrogen and oxygen atoms in total. The van der Waals surface area contributed by atoms with E-state index < -0.39 is 5.60 Å². The van der Waals surface area contributed by atoms with Crippen LogP contribution in [0, 0.1) is 0 Å². The van der Waals surface area contributed by atoms with Crippen LogP contribution in [0.3, 0.4) is 0 Å². The molecule has 0 aromatic rings. The Morgan fingerprint density at radius 1 is 1.64 bits per heavy atom. The fourth-order valence-electron chi connectivity index (χ4n) is 0.932. The summed E-state index contributed by atoms with van der Waals surface area (Å²) in [7, 11) is 0. The van der Waals surface area contributed by atoms with E-state index in [9.17, 15) is 9.90 Å². The molecule has 0 spiro atoms. The van der Waals surface area contributed by atoms with Gasteiger partial charge < -0.3 is 5.11 Å². The fraction of sp³-hybridized carbons (Fsp3) is 0.375. The van der Waals surface area contributed by atoms with Gasteiger partial charge in [0.15, 0.2) is 5.78 Å². The molecule has 1 aliphatic carbocycles. The van der Waals surface area contributed by atoms with Gasteiger partial charge in [0, 0.05) is 6.42 Å². The second-order valence-corrected chi connectivity index (χ2v) is 3.24. The molecule has 0 saturated carbocycles. The van der Waals surface area contributed by atoms with Gasteiger partial charge in [-0.3, -0.25) is 4.79 Å². The smallest absolute Gasteiger partial charge is 0.178 e. The molecule has 60 valence electrons.